The number of rotatable bonds is 4. The highest BCUT2D eigenvalue weighted by Crippen LogP contribution is 2.33. The summed E-state index contributed by atoms with van der Waals surface area (Å²) >= 11 is 0. The number of aliphatic carboxylic acids is 1. The molecule has 1 aromatic carbocycles. The number of amides is 1. The third-order valence-corrected chi connectivity index (χ3v) is 3.94. The fourth-order valence-electron chi connectivity index (χ4n) is 2.65. The third kappa shape index (κ3) is 3.06. The maximum atomic E-state index is 12.9. The Morgan fingerprint density at radius 2 is 2.05 bits per heavy atom. The van der Waals surface area contributed by atoms with Gasteiger partial charge < -0.3 is 19.5 Å². The molecule has 0 spiro atoms. The molecule has 1 fully saturated rings. The van der Waals surface area contributed by atoms with Crippen LogP contribution in [-0.4, -0.2) is 54.8 Å². The van der Waals surface area contributed by atoms with Gasteiger partial charge >= 0.3 is 5.97 Å². The van der Waals surface area contributed by atoms with E-state index in [4.69, 9.17) is 14.6 Å². The summed E-state index contributed by atoms with van der Waals surface area (Å²) < 4.78 is 10.5. The van der Waals surface area contributed by atoms with Gasteiger partial charge in [-0.2, -0.15) is 0 Å². The Bertz CT molecular complexity index is 569. The van der Waals surface area contributed by atoms with Gasteiger partial charge in [-0.1, -0.05) is 18.2 Å². The number of carbonyl (C=O) groups is 2. The molecule has 0 aromatic heterocycles. The number of nitrogens with zero attached hydrogens (tertiary/aromatic N) is 1. The van der Waals surface area contributed by atoms with Crippen molar-refractivity contribution in [2.24, 2.45) is 0 Å². The summed E-state index contributed by atoms with van der Waals surface area (Å²) in [5.74, 6) is -0.539. The van der Waals surface area contributed by atoms with Crippen LogP contribution in [0.5, 0.6) is 5.75 Å². The highest BCUT2D eigenvalue weighted by atomic mass is 16.5. The van der Waals surface area contributed by atoms with E-state index in [1.807, 2.05) is 38.1 Å². The number of hydrogen-bond donors (Lipinski definition) is 1. The van der Waals surface area contributed by atoms with E-state index < -0.39 is 17.5 Å². The minimum Gasteiger partial charge on any atom is -0.496 e. The van der Waals surface area contributed by atoms with Gasteiger partial charge in [0.15, 0.2) is 6.10 Å². The van der Waals surface area contributed by atoms with E-state index in [9.17, 15) is 9.59 Å². The van der Waals surface area contributed by atoms with Crippen molar-refractivity contribution >= 4 is 11.9 Å². The third-order valence-electron chi connectivity index (χ3n) is 3.94. The topological polar surface area (TPSA) is 76.1 Å². The first-order valence-electron chi connectivity index (χ1n) is 7.15. The first-order valence-corrected chi connectivity index (χ1v) is 7.15. The van der Waals surface area contributed by atoms with Crippen LogP contribution in [0.3, 0.4) is 0 Å². The molecule has 0 saturated carbocycles. The number of methoxy groups -OCH3 is 1. The van der Waals surface area contributed by atoms with Crippen LogP contribution in [0.1, 0.15) is 19.4 Å². The molecule has 0 aliphatic carbocycles. The number of hydrogen-bond acceptors (Lipinski definition) is 4. The lowest BCUT2D eigenvalue weighted by molar-refractivity contribution is -0.160. The number of carboxylic acid groups (broad SMARTS) is 1. The SMILES string of the molecule is COc1ccccc1C(C)(C)C(=O)N1CCOC(C(=O)O)C1. The van der Waals surface area contributed by atoms with Crippen LogP contribution in [0.15, 0.2) is 24.3 Å². The van der Waals surface area contributed by atoms with Crippen molar-refractivity contribution in [2.75, 3.05) is 26.8 Å². The van der Waals surface area contributed by atoms with Crippen LogP contribution in [-0.2, 0) is 19.7 Å². The first-order chi connectivity index (χ1) is 10.4. The van der Waals surface area contributed by atoms with E-state index in [0.29, 0.717) is 12.3 Å². The van der Waals surface area contributed by atoms with Crippen molar-refractivity contribution in [3.63, 3.8) is 0 Å². The maximum Gasteiger partial charge on any atom is 0.334 e. The molecule has 1 unspecified atom stereocenters. The van der Waals surface area contributed by atoms with Gasteiger partial charge in [0, 0.05) is 12.1 Å². The van der Waals surface area contributed by atoms with E-state index in [0.717, 1.165) is 5.56 Å². The standard InChI is InChI=1S/C16H21NO5/c1-16(2,11-6-4-5-7-12(11)21-3)15(20)17-8-9-22-13(10-17)14(18)19/h4-7,13H,8-10H2,1-3H3,(H,18,19). The number of para-hydroxylation sites is 1. The predicted octanol–water partition coefficient (Wildman–Crippen LogP) is 1.28. The van der Waals surface area contributed by atoms with Crippen LogP contribution in [0.2, 0.25) is 0 Å². The van der Waals surface area contributed by atoms with E-state index in [-0.39, 0.29) is 19.1 Å². The minimum atomic E-state index is -1.05. The lowest BCUT2D eigenvalue weighted by Crippen LogP contribution is -2.53. The molecule has 1 saturated heterocycles. The Labute approximate surface area is 129 Å². The highest BCUT2D eigenvalue weighted by Gasteiger charge is 2.39. The summed E-state index contributed by atoms with van der Waals surface area (Å²) in [6.07, 6.45) is -0.967. The molecule has 0 radical (unpaired) electrons. The molecule has 6 nitrogen and oxygen atoms in total. The molecule has 1 atom stereocenters. The number of morpholine rings is 1. The van der Waals surface area contributed by atoms with Gasteiger partial charge in [0.05, 0.1) is 25.7 Å². The van der Waals surface area contributed by atoms with Crippen LogP contribution in [0.25, 0.3) is 0 Å². The normalized spacial score (nSPS) is 18.9. The average molecular weight is 307 g/mol. The van der Waals surface area contributed by atoms with Crippen LogP contribution in [0.4, 0.5) is 0 Å². The largest absolute Gasteiger partial charge is 0.496 e. The quantitative estimate of drug-likeness (QED) is 0.907. The Hall–Kier alpha value is -2.08. The van der Waals surface area contributed by atoms with E-state index in [2.05, 4.69) is 0 Å². The van der Waals surface area contributed by atoms with Gasteiger partial charge in [0.25, 0.3) is 0 Å². The second kappa shape index (κ2) is 6.36. The molecule has 1 heterocycles. The Morgan fingerprint density at radius 3 is 2.68 bits per heavy atom. The van der Waals surface area contributed by atoms with Crippen molar-refractivity contribution in [1.82, 2.24) is 4.90 Å². The van der Waals surface area contributed by atoms with E-state index in [1.54, 1.807) is 12.0 Å². The summed E-state index contributed by atoms with van der Waals surface area (Å²) in [6.45, 7) is 4.31. The smallest absolute Gasteiger partial charge is 0.334 e. The summed E-state index contributed by atoms with van der Waals surface area (Å²) in [6, 6.07) is 7.36. The number of carboxylic acids is 1. The maximum absolute atomic E-state index is 12.9. The lowest BCUT2D eigenvalue weighted by atomic mass is 9.82. The summed E-state index contributed by atoms with van der Waals surface area (Å²) in [5, 5.41) is 9.06. The molecule has 22 heavy (non-hydrogen) atoms. The lowest BCUT2D eigenvalue weighted by Gasteiger charge is -2.37. The van der Waals surface area contributed by atoms with Crippen molar-refractivity contribution in [2.45, 2.75) is 25.4 Å². The van der Waals surface area contributed by atoms with E-state index >= 15 is 0 Å². The van der Waals surface area contributed by atoms with Crippen molar-refractivity contribution in [3.8, 4) is 5.75 Å². The number of ether oxygens (including phenoxy) is 2. The summed E-state index contributed by atoms with van der Waals surface area (Å²) in [7, 11) is 1.56. The molecule has 1 N–H and O–H groups in total. The zero-order valence-electron chi connectivity index (χ0n) is 13.0. The van der Waals surface area contributed by atoms with Crippen LogP contribution in [0, 0.1) is 0 Å². The fraction of sp³-hybridized carbons (Fsp3) is 0.500. The van der Waals surface area contributed by atoms with E-state index in [1.165, 1.54) is 0 Å². The zero-order valence-corrected chi connectivity index (χ0v) is 13.0. The Balaban J connectivity index is 2.25. The van der Waals surface area contributed by atoms with Gasteiger partial charge in [-0.25, -0.2) is 4.79 Å². The van der Waals surface area contributed by atoms with Crippen molar-refractivity contribution < 1.29 is 24.2 Å². The fourth-order valence-corrected chi connectivity index (χ4v) is 2.65. The molecule has 6 heteroatoms. The number of benzene rings is 1. The van der Waals surface area contributed by atoms with Crippen LogP contribution < -0.4 is 4.74 Å². The van der Waals surface area contributed by atoms with Gasteiger partial charge in [-0.15, -0.1) is 0 Å². The van der Waals surface area contributed by atoms with Gasteiger partial charge in [-0.3, -0.25) is 4.79 Å². The summed E-state index contributed by atoms with van der Waals surface area (Å²) in [5.41, 5.74) is -0.0339. The first kappa shape index (κ1) is 16.3. The Morgan fingerprint density at radius 1 is 1.36 bits per heavy atom. The van der Waals surface area contributed by atoms with Crippen molar-refractivity contribution in [1.29, 1.82) is 0 Å². The molecule has 2 rings (SSSR count). The highest BCUT2D eigenvalue weighted by molar-refractivity contribution is 5.89. The minimum absolute atomic E-state index is 0.0622. The molecular formula is C16H21NO5. The van der Waals surface area contributed by atoms with Crippen molar-refractivity contribution in [3.05, 3.63) is 29.8 Å². The zero-order chi connectivity index (χ0) is 16.3. The molecule has 1 aliphatic heterocycles. The molecular weight excluding hydrogens is 286 g/mol. The molecule has 1 aliphatic rings. The van der Waals surface area contributed by atoms with Gasteiger partial charge in [-0.05, 0) is 19.9 Å². The second-order valence-corrected chi connectivity index (χ2v) is 5.77. The number of carbonyl (C=O) groups excluding carboxylic acids is 1. The second-order valence-electron chi connectivity index (χ2n) is 5.77. The Kier molecular flexibility index (Phi) is 4.71. The molecule has 1 aromatic rings. The molecule has 1 amide bonds. The predicted molar refractivity (Wildman–Crippen MR) is 80.0 cm³/mol. The summed E-state index contributed by atoms with van der Waals surface area (Å²) in [4.78, 5) is 25.5. The monoisotopic (exact) mass is 307 g/mol. The molecule has 0 bridgehead atoms. The van der Waals surface area contributed by atoms with Crippen LogP contribution >= 0.6 is 0 Å². The van der Waals surface area contributed by atoms with Gasteiger partial charge in [0.2, 0.25) is 5.91 Å². The molecule has 120 valence electrons. The van der Waals surface area contributed by atoms with Gasteiger partial charge in [0.1, 0.15) is 5.75 Å². The average Bonchev–Trinajstić information content (AvgIpc) is 2.54.